The topological polar surface area (TPSA) is 164 Å². The number of rotatable bonds is 8. The second kappa shape index (κ2) is 8.73. The average molecular weight is 442 g/mol. The number of ether oxygens (including phenoxy) is 4. The number of anilines is 1. The van der Waals surface area contributed by atoms with Crippen LogP contribution in [0.4, 0.5) is 11.4 Å². The molecule has 2 aromatic rings. The summed E-state index contributed by atoms with van der Waals surface area (Å²) in [5.41, 5.74) is -1.41. The molecule has 0 aromatic heterocycles. The SMILES string of the molecule is COC(=O)c1cc(OC)c(OC)c(OC)c1NS(=O)(=O)c1ccc(O)c([N+](=O)[O-])c1. The number of nitrogens with zero attached hydrogens (tertiary/aromatic N) is 1. The number of sulfonamides is 1. The maximum absolute atomic E-state index is 12.9. The zero-order chi connectivity index (χ0) is 22.6. The van der Waals surface area contributed by atoms with Gasteiger partial charge in [0.05, 0.1) is 43.8 Å². The van der Waals surface area contributed by atoms with E-state index in [1.54, 1.807) is 0 Å². The van der Waals surface area contributed by atoms with E-state index < -0.39 is 37.2 Å². The molecule has 0 saturated carbocycles. The predicted octanol–water partition coefficient (Wildman–Crippen LogP) is 1.91. The van der Waals surface area contributed by atoms with Crippen LogP contribution in [-0.2, 0) is 14.8 Å². The van der Waals surface area contributed by atoms with Crippen molar-refractivity contribution < 1.29 is 42.2 Å². The Morgan fingerprint density at radius 3 is 2.20 bits per heavy atom. The lowest BCUT2D eigenvalue weighted by Crippen LogP contribution is -2.18. The summed E-state index contributed by atoms with van der Waals surface area (Å²) in [7, 11) is 0.404. The number of esters is 1. The number of aromatic hydroxyl groups is 1. The van der Waals surface area contributed by atoms with E-state index >= 15 is 0 Å². The molecule has 30 heavy (non-hydrogen) atoms. The molecule has 0 unspecified atom stereocenters. The van der Waals surface area contributed by atoms with Gasteiger partial charge in [-0.2, -0.15) is 0 Å². The smallest absolute Gasteiger partial charge is 0.340 e. The molecule has 2 N–H and O–H groups in total. The van der Waals surface area contributed by atoms with Gasteiger partial charge in [-0.05, 0) is 12.1 Å². The lowest BCUT2D eigenvalue weighted by Gasteiger charge is -2.19. The minimum atomic E-state index is -4.48. The first kappa shape index (κ1) is 22.5. The standard InChI is InChI=1S/C17H18N2O10S/c1-26-13-8-10(17(21)29-4)14(16(28-3)15(13)27-2)18-30(24,25)9-5-6-12(20)11(7-9)19(22)23/h5-8,18,20H,1-4H3. The fourth-order valence-electron chi connectivity index (χ4n) is 2.54. The van der Waals surface area contributed by atoms with Crippen molar-refractivity contribution in [3.63, 3.8) is 0 Å². The Bertz CT molecular complexity index is 1100. The minimum Gasteiger partial charge on any atom is -0.502 e. The monoisotopic (exact) mass is 442 g/mol. The highest BCUT2D eigenvalue weighted by molar-refractivity contribution is 7.92. The second-order valence-corrected chi connectivity index (χ2v) is 7.25. The lowest BCUT2D eigenvalue weighted by atomic mass is 10.1. The van der Waals surface area contributed by atoms with E-state index in [9.17, 15) is 28.4 Å². The molecule has 0 atom stereocenters. The van der Waals surface area contributed by atoms with Crippen molar-refractivity contribution in [3.05, 3.63) is 39.9 Å². The highest BCUT2D eigenvalue weighted by atomic mass is 32.2. The molecule has 0 spiro atoms. The van der Waals surface area contributed by atoms with Gasteiger partial charge in [0.2, 0.25) is 5.75 Å². The molecule has 0 heterocycles. The highest BCUT2D eigenvalue weighted by Gasteiger charge is 2.29. The summed E-state index contributed by atoms with van der Waals surface area (Å²) >= 11 is 0. The van der Waals surface area contributed by atoms with E-state index in [0.717, 1.165) is 19.2 Å². The molecule has 12 nitrogen and oxygen atoms in total. The normalized spacial score (nSPS) is 10.8. The molecule has 0 bridgehead atoms. The Morgan fingerprint density at radius 2 is 1.70 bits per heavy atom. The number of methoxy groups -OCH3 is 4. The molecule has 13 heteroatoms. The first-order valence-electron chi connectivity index (χ1n) is 8.02. The zero-order valence-electron chi connectivity index (χ0n) is 16.3. The van der Waals surface area contributed by atoms with Gasteiger partial charge in [0.15, 0.2) is 17.2 Å². The van der Waals surface area contributed by atoms with Gasteiger partial charge < -0.3 is 24.1 Å². The van der Waals surface area contributed by atoms with Gasteiger partial charge in [-0.25, -0.2) is 13.2 Å². The molecule has 0 aliphatic heterocycles. The Balaban J connectivity index is 2.73. The fourth-order valence-corrected chi connectivity index (χ4v) is 3.64. The number of phenols is 1. The van der Waals surface area contributed by atoms with Crippen molar-refractivity contribution in [1.29, 1.82) is 0 Å². The van der Waals surface area contributed by atoms with Gasteiger partial charge in [0.1, 0.15) is 5.69 Å². The van der Waals surface area contributed by atoms with E-state index in [1.807, 2.05) is 0 Å². The van der Waals surface area contributed by atoms with E-state index in [0.29, 0.717) is 6.07 Å². The summed E-state index contributed by atoms with van der Waals surface area (Å²) in [5, 5.41) is 20.6. The van der Waals surface area contributed by atoms with Crippen LogP contribution in [0.15, 0.2) is 29.2 Å². The molecule has 0 saturated heterocycles. The molecule has 2 rings (SSSR count). The van der Waals surface area contributed by atoms with Crippen molar-refractivity contribution >= 4 is 27.4 Å². The first-order valence-corrected chi connectivity index (χ1v) is 9.51. The van der Waals surface area contributed by atoms with Gasteiger partial charge >= 0.3 is 11.7 Å². The van der Waals surface area contributed by atoms with Gasteiger partial charge in [-0.3, -0.25) is 14.8 Å². The van der Waals surface area contributed by atoms with Crippen molar-refractivity contribution in [2.24, 2.45) is 0 Å². The molecule has 2 aromatic carbocycles. The first-order chi connectivity index (χ1) is 14.1. The highest BCUT2D eigenvalue weighted by Crippen LogP contribution is 2.46. The van der Waals surface area contributed by atoms with Crippen LogP contribution in [0.2, 0.25) is 0 Å². The van der Waals surface area contributed by atoms with E-state index in [2.05, 4.69) is 9.46 Å². The number of carbonyl (C=O) groups excluding carboxylic acids is 1. The van der Waals surface area contributed by atoms with E-state index in [1.165, 1.54) is 27.4 Å². The molecule has 0 fully saturated rings. The number of hydrogen-bond acceptors (Lipinski definition) is 10. The van der Waals surface area contributed by atoms with Crippen molar-refractivity contribution in [2.75, 3.05) is 33.2 Å². The Hall–Kier alpha value is -3.74. The minimum absolute atomic E-state index is 0.0120. The number of phenolic OH excluding ortho intramolecular Hbond substituents is 1. The van der Waals surface area contributed by atoms with Gasteiger partial charge in [0.25, 0.3) is 10.0 Å². The van der Waals surface area contributed by atoms with Gasteiger partial charge in [0, 0.05) is 12.1 Å². The zero-order valence-corrected chi connectivity index (χ0v) is 17.1. The number of nitro groups is 1. The van der Waals surface area contributed by atoms with Crippen LogP contribution in [0.25, 0.3) is 0 Å². The largest absolute Gasteiger partial charge is 0.502 e. The maximum atomic E-state index is 12.9. The summed E-state index contributed by atoms with van der Waals surface area (Å²) in [5.74, 6) is -1.75. The van der Waals surface area contributed by atoms with Crippen molar-refractivity contribution in [2.45, 2.75) is 4.90 Å². The van der Waals surface area contributed by atoms with Crippen molar-refractivity contribution in [3.8, 4) is 23.0 Å². The number of hydrogen-bond donors (Lipinski definition) is 2. The molecule has 0 aliphatic carbocycles. The van der Waals surface area contributed by atoms with Gasteiger partial charge in [-0.1, -0.05) is 0 Å². The van der Waals surface area contributed by atoms with Crippen LogP contribution >= 0.6 is 0 Å². The van der Waals surface area contributed by atoms with Crippen LogP contribution < -0.4 is 18.9 Å². The van der Waals surface area contributed by atoms with Crippen LogP contribution in [-0.4, -0.2) is 52.9 Å². The molecule has 0 radical (unpaired) electrons. The van der Waals surface area contributed by atoms with Crippen molar-refractivity contribution in [1.82, 2.24) is 0 Å². The van der Waals surface area contributed by atoms with Crippen LogP contribution in [0, 0.1) is 10.1 Å². The Labute approximate surface area is 171 Å². The summed E-state index contributed by atoms with van der Waals surface area (Å²) in [6.45, 7) is 0. The third-order valence-electron chi connectivity index (χ3n) is 3.93. The number of nitro benzene ring substituents is 1. The summed E-state index contributed by atoms with van der Waals surface area (Å²) < 4.78 is 48.2. The maximum Gasteiger partial charge on any atom is 0.340 e. The fraction of sp³-hybridized carbons (Fsp3) is 0.235. The third-order valence-corrected chi connectivity index (χ3v) is 5.27. The Kier molecular flexibility index (Phi) is 6.56. The van der Waals surface area contributed by atoms with Crippen LogP contribution in [0.5, 0.6) is 23.0 Å². The van der Waals surface area contributed by atoms with E-state index in [4.69, 9.17) is 14.2 Å². The molecular formula is C17H18N2O10S. The number of benzene rings is 2. The number of nitrogens with one attached hydrogen (secondary N) is 1. The third kappa shape index (κ3) is 4.15. The van der Waals surface area contributed by atoms with Gasteiger partial charge in [-0.15, -0.1) is 0 Å². The number of carbonyl (C=O) groups is 1. The Morgan fingerprint density at radius 1 is 1.07 bits per heavy atom. The predicted molar refractivity (Wildman–Crippen MR) is 103 cm³/mol. The molecular weight excluding hydrogens is 424 g/mol. The van der Waals surface area contributed by atoms with Crippen LogP contribution in [0.1, 0.15) is 10.4 Å². The summed E-state index contributed by atoms with van der Waals surface area (Å²) in [6, 6.07) is 3.67. The lowest BCUT2D eigenvalue weighted by molar-refractivity contribution is -0.386. The summed E-state index contributed by atoms with van der Waals surface area (Å²) in [4.78, 5) is 21.8. The average Bonchev–Trinajstić information content (AvgIpc) is 2.72. The van der Waals surface area contributed by atoms with E-state index in [-0.39, 0.29) is 28.5 Å². The van der Waals surface area contributed by atoms with Crippen LogP contribution in [0.3, 0.4) is 0 Å². The molecule has 0 aliphatic rings. The summed E-state index contributed by atoms with van der Waals surface area (Å²) in [6.07, 6.45) is 0. The molecule has 0 amide bonds. The second-order valence-electron chi connectivity index (χ2n) is 5.57. The molecule has 162 valence electrons. The quantitative estimate of drug-likeness (QED) is 0.350.